The van der Waals surface area contributed by atoms with Crippen LogP contribution in [0, 0.1) is 0 Å². The Morgan fingerprint density at radius 2 is 1.91 bits per heavy atom. The molecule has 7 heteroatoms. The summed E-state index contributed by atoms with van der Waals surface area (Å²) in [6.45, 7) is 1.25. The monoisotopic (exact) mass is 475 g/mol. The summed E-state index contributed by atoms with van der Waals surface area (Å²) in [7, 11) is 0. The van der Waals surface area contributed by atoms with Crippen molar-refractivity contribution in [3.63, 3.8) is 0 Å². The zero-order valence-corrected chi connectivity index (χ0v) is 19.4. The minimum atomic E-state index is -0.408. The van der Waals surface area contributed by atoms with Gasteiger partial charge in [0, 0.05) is 6.61 Å². The molecule has 0 N–H and O–H groups in total. The Bertz CT molecular complexity index is 1260. The Balaban J connectivity index is 1.27. The van der Waals surface area contributed by atoms with E-state index in [4.69, 9.17) is 21.7 Å². The number of rotatable bonds is 5. The lowest BCUT2D eigenvalue weighted by molar-refractivity contribution is -0.123. The van der Waals surface area contributed by atoms with Crippen LogP contribution < -0.4 is 4.74 Å². The van der Waals surface area contributed by atoms with Gasteiger partial charge in [0.2, 0.25) is 0 Å². The van der Waals surface area contributed by atoms with E-state index in [1.54, 1.807) is 23.1 Å². The molecule has 0 unspecified atom stereocenters. The molecule has 1 amide bonds. The molecule has 0 aliphatic carbocycles. The number of thiocarbonyl (C=S) groups is 1. The third-order valence-electron chi connectivity index (χ3n) is 5.68. The van der Waals surface area contributed by atoms with Crippen LogP contribution in [0.2, 0.25) is 0 Å². The van der Waals surface area contributed by atoms with Crippen LogP contribution in [0.25, 0.3) is 16.8 Å². The molecule has 2 heterocycles. The van der Waals surface area contributed by atoms with E-state index in [-0.39, 0.29) is 12.0 Å². The molecule has 0 radical (unpaired) electrons. The normalized spacial score (nSPS) is 19.6. The smallest absolute Gasteiger partial charge is 0.344 e. The Labute approximate surface area is 201 Å². The second-order valence-corrected chi connectivity index (χ2v) is 9.59. The van der Waals surface area contributed by atoms with Gasteiger partial charge in [0.1, 0.15) is 10.1 Å². The van der Waals surface area contributed by atoms with Crippen LogP contribution in [0.1, 0.15) is 28.8 Å². The number of thioether (sulfide) groups is 1. The summed E-state index contributed by atoms with van der Waals surface area (Å²) in [6.07, 6.45) is 3.84. The molecule has 0 saturated carbocycles. The summed E-state index contributed by atoms with van der Waals surface area (Å²) in [5, 5.41) is 1.84. The second kappa shape index (κ2) is 9.47. The standard InChI is InChI=1S/C26H21NO4S2/c28-24-23(33-26(32)27(24)16-20-7-4-14-30-20)15-17-10-12-19(13-11-17)31-25(29)22-9-3-6-18-5-1-2-8-21(18)22/h1-3,5-6,8-13,15,20H,4,7,14,16H2/b23-15-/t20-/m0/s1. The zero-order chi connectivity index (χ0) is 22.8. The van der Waals surface area contributed by atoms with Crippen molar-refractivity contribution in [2.75, 3.05) is 13.2 Å². The molecule has 2 aliphatic heterocycles. The number of fused-ring (bicyclic) bond motifs is 1. The molecule has 3 aromatic rings. The SMILES string of the molecule is O=C(Oc1ccc(/C=C2\SC(=S)N(C[C@@H]3CCCO3)C2=O)cc1)c1cccc2ccccc12. The molecule has 2 aliphatic rings. The molecule has 0 spiro atoms. The van der Waals surface area contributed by atoms with Gasteiger partial charge in [0.25, 0.3) is 5.91 Å². The maximum absolute atomic E-state index is 12.8. The first-order chi connectivity index (χ1) is 16.1. The van der Waals surface area contributed by atoms with E-state index in [1.807, 2.05) is 54.6 Å². The number of carbonyl (C=O) groups excluding carboxylic acids is 2. The minimum absolute atomic E-state index is 0.0579. The van der Waals surface area contributed by atoms with Crippen molar-refractivity contribution in [2.24, 2.45) is 0 Å². The highest BCUT2D eigenvalue weighted by atomic mass is 32.2. The molecule has 5 nitrogen and oxygen atoms in total. The number of hydrogen-bond acceptors (Lipinski definition) is 6. The highest BCUT2D eigenvalue weighted by molar-refractivity contribution is 8.26. The molecular weight excluding hydrogens is 454 g/mol. The van der Waals surface area contributed by atoms with Gasteiger partial charge in [-0.1, -0.05) is 72.5 Å². The summed E-state index contributed by atoms with van der Waals surface area (Å²) in [4.78, 5) is 27.8. The van der Waals surface area contributed by atoms with Crippen molar-refractivity contribution >= 4 is 57.0 Å². The van der Waals surface area contributed by atoms with Crippen molar-refractivity contribution < 1.29 is 19.1 Å². The average Bonchev–Trinajstić information content (AvgIpc) is 3.44. The highest BCUT2D eigenvalue weighted by Gasteiger charge is 2.34. The van der Waals surface area contributed by atoms with E-state index in [1.165, 1.54) is 11.8 Å². The predicted molar refractivity (Wildman–Crippen MR) is 134 cm³/mol. The number of esters is 1. The van der Waals surface area contributed by atoms with E-state index in [0.29, 0.717) is 27.1 Å². The number of ether oxygens (including phenoxy) is 2. The van der Waals surface area contributed by atoms with Crippen molar-refractivity contribution in [1.29, 1.82) is 0 Å². The van der Waals surface area contributed by atoms with Gasteiger partial charge in [-0.25, -0.2) is 4.79 Å². The third kappa shape index (κ3) is 4.71. The Hall–Kier alpha value is -3.00. The Morgan fingerprint density at radius 3 is 2.70 bits per heavy atom. The lowest BCUT2D eigenvalue weighted by atomic mass is 10.0. The van der Waals surface area contributed by atoms with Crippen LogP contribution in [0.15, 0.2) is 71.6 Å². The third-order valence-corrected chi connectivity index (χ3v) is 7.06. The van der Waals surface area contributed by atoms with E-state index < -0.39 is 5.97 Å². The van der Waals surface area contributed by atoms with E-state index in [2.05, 4.69) is 0 Å². The number of carbonyl (C=O) groups is 2. The average molecular weight is 476 g/mol. The quantitative estimate of drug-likeness (QED) is 0.212. The van der Waals surface area contributed by atoms with Gasteiger partial charge < -0.3 is 9.47 Å². The number of amides is 1. The molecule has 5 rings (SSSR count). The van der Waals surface area contributed by atoms with Crippen LogP contribution in [-0.2, 0) is 9.53 Å². The van der Waals surface area contributed by atoms with Gasteiger partial charge in [0.15, 0.2) is 0 Å². The summed E-state index contributed by atoms with van der Waals surface area (Å²) < 4.78 is 11.8. The van der Waals surface area contributed by atoms with Crippen LogP contribution in [0.4, 0.5) is 0 Å². The maximum Gasteiger partial charge on any atom is 0.344 e. The van der Waals surface area contributed by atoms with Crippen LogP contribution in [0.5, 0.6) is 5.75 Å². The second-order valence-electron chi connectivity index (χ2n) is 7.91. The Morgan fingerprint density at radius 1 is 1.12 bits per heavy atom. The number of nitrogens with zero attached hydrogens (tertiary/aromatic N) is 1. The summed E-state index contributed by atoms with van der Waals surface area (Å²) >= 11 is 6.71. The van der Waals surface area contributed by atoms with Gasteiger partial charge in [-0.15, -0.1) is 0 Å². The Kier molecular flexibility index (Phi) is 6.26. The summed E-state index contributed by atoms with van der Waals surface area (Å²) in [6, 6.07) is 20.4. The first kappa shape index (κ1) is 21.8. The molecule has 1 atom stereocenters. The highest BCUT2D eigenvalue weighted by Crippen LogP contribution is 2.33. The van der Waals surface area contributed by atoms with Gasteiger partial charge in [-0.2, -0.15) is 0 Å². The molecule has 2 fully saturated rings. The minimum Gasteiger partial charge on any atom is -0.423 e. The van der Waals surface area contributed by atoms with Crippen molar-refractivity contribution in [1.82, 2.24) is 4.90 Å². The van der Waals surface area contributed by atoms with Gasteiger partial charge >= 0.3 is 5.97 Å². The van der Waals surface area contributed by atoms with Crippen molar-refractivity contribution in [3.8, 4) is 5.75 Å². The van der Waals surface area contributed by atoms with Crippen molar-refractivity contribution in [3.05, 3.63) is 82.8 Å². The predicted octanol–water partition coefficient (Wildman–Crippen LogP) is 5.44. The van der Waals surface area contributed by atoms with E-state index in [0.717, 1.165) is 35.8 Å². The molecule has 0 bridgehead atoms. The number of benzene rings is 3. The largest absolute Gasteiger partial charge is 0.423 e. The maximum atomic E-state index is 12.8. The summed E-state index contributed by atoms with van der Waals surface area (Å²) in [5.74, 6) is -0.0578. The molecule has 0 aromatic heterocycles. The molecule has 3 aromatic carbocycles. The van der Waals surface area contributed by atoms with E-state index in [9.17, 15) is 9.59 Å². The van der Waals surface area contributed by atoms with Gasteiger partial charge in [0.05, 0.1) is 23.1 Å². The van der Waals surface area contributed by atoms with Crippen LogP contribution >= 0.6 is 24.0 Å². The summed E-state index contributed by atoms with van der Waals surface area (Å²) in [5.41, 5.74) is 1.35. The number of hydrogen-bond donors (Lipinski definition) is 0. The van der Waals surface area contributed by atoms with Crippen LogP contribution in [-0.4, -0.2) is 40.4 Å². The first-order valence-corrected chi connectivity index (χ1v) is 12.0. The molecule has 33 heavy (non-hydrogen) atoms. The van der Waals surface area contributed by atoms with Crippen LogP contribution in [0.3, 0.4) is 0 Å². The molecular formula is C26H21NO4S2. The van der Waals surface area contributed by atoms with Crippen molar-refractivity contribution in [2.45, 2.75) is 18.9 Å². The zero-order valence-electron chi connectivity index (χ0n) is 17.7. The fourth-order valence-corrected chi connectivity index (χ4v) is 5.27. The fraction of sp³-hybridized carbons (Fsp3) is 0.192. The molecule has 2 saturated heterocycles. The topological polar surface area (TPSA) is 55.8 Å². The lowest BCUT2D eigenvalue weighted by Crippen LogP contribution is -2.35. The van der Waals surface area contributed by atoms with E-state index >= 15 is 0 Å². The molecule has 166 valence electrons. The first-order valence-electron chi connectivity index (χ1n) is 10.8. The fourth-order valence-electron chi connectivity index (χ4n) is 4.00. The van der Waals surface area contributed by atoms with Gasteiger partial charge in [-0.05, 0) is 53.5 Å². The lowest BCUT2D eigenvalue weighted by Gasteiger charge is -2.18. The van der Waals surface area contributed by atoms with Gasteiger partial charge in [-0.3, -0.25) is 9.69 Å².